The molecule has 10 heteroatoms. The van der Waals surface area contributed by atoms with Crippen LogP contribution in [0.4, 0.5) is 0 Å². The largest absolute Gasteiger partial charge is 0.497 e. The third kappa shape index (κ3) is 3.81. The highest BCUT2D eigenvalue weighted by Gasteiger charge is 2.43. The fourth-order valence-electron chi connectivity index (χ4n) is 2.50. The zero-order chi connectivity index (χ0) is 18.6. The molecule has 0 spiro atoms. The molecule has 0 saturated carbocycles. The molecule has 1 heterocycles. The first-order valence-electron chi connectivity index (χ1n) is 7.33. The number of benzene rings is 1. The highest BCUT2D eigenvalue weighted by Crippen LogP contribution is 2.24. The lowest BCUT2D eigenvalue weighted by Crippen LogP contribution is -2.62. The van der Waals surface area contributed by atoms with Crippen LogP contribution in [0.15, 0.2) is 41.8 Å². The number of nitrogens with one attached hydrogen (secondary N) is 1. The number of amides is 2. The molecule has 2 N–H and O–H groups in total. The first-order chi connectivity index (χ1) is 11.8. The van der Waals surface area contributed by atoms with Gasteiger partial charge in [-0.2, -0.15) is 4.31 Å². The van der Waals surface area contributed by atoms with Crippen LogP contribution in [0.5, 0.6) is 5.75 Å². The fraction of sp³-hybridized carbons (Fsp3) is 0.333. The summed E-state index contributed by atoms with van der Waals surface area (Å²) in [7, 11) is -2.68. The number of nitrogens with zero attached hydrogens (tertiary/aromatic N) is 2. The molecule has 1 aromatic rings. The summed E-state index contributed by atoms with van der Waals surface area (Å²) in [5, 5.41) is 8.93. The zero-order valence-corrected chi connectivity index (χ0v) is 14.4. The number of hydrogen-bond acceptors (Lipinski definition) is 6. The predicted molar refractivity (Wildman–Crippen MR) is 87.4 cm³/mol. The summed E-state index contributed by atoms with van der Waals surface area (Å²) in [5.74, 6) is -0.909. The van der Waals surface area contributed by atoms with Crippen molar-refractivity contribution in [2.75, 3.05) is 26.7 Å². The quantitative estimate of drug-likeness (QED) is 0.400. The minimum atomic E-state index is -4.13. The van der Waals surface area contributed by atoms with Crippen molar-refractivity contribution in [2.24, 2.45) is 0 Å². The summed E-state index contributed by atoms with van der Waals surface area (Å²) in [6.07, 6.45) is 1.47. The molecule has 2 amide bonds. The summed E-state index contributed by atoms with van der Waals surface area (Å²) < 4.78 is 31.5. The molecule has 1 fully saturated rings. The van der Waals surface area contributed by atoms with E-state index in [9.17, 15) is 18.0 Å². The normalized spacial score (nSPS) is 18.7. The average Bonchev–Trinajstić information content (AvgIpc) is 2.62. The van der Waals surface area contributed by atoms with Crippen LogP contribution in [-0.4, -0.2) is 67.4 Å². The molecule has 1 atom stereocenters. The molecule has 0 bridgehead atoms. The van der Waals surface area contributed by atoms with Crippen molar-refractivity contribution in [3.8, 4) is 5.75 Å². The first-order valence-corrected chi connectivity index (χ1v) is 8.77. The second-order valence-electron chi connectivity index (χ2n) is 5.31. The number of piperazine rings is 1. The number of methoxy groups -OCH3 is 1. The van der Waals surface area contributed by atoms with Crippen LogP contribution < -0.4 is 10.2 Å². The average molecular weight is 369 g/mol. The van der Waals surface area contributed by atoms with Gasteiger partial charge in [-0.15, -0.1) is 6.58 Å². The van der Waals surface area contributed by atoms with Crippen LogP contribution in [0.2, 0.25) is 0 Å². The number of rotatable bonds is 6. The number of sulfonamides is 1. The van der Waals surface area contributed by atoms with Crippen LogP contribution in [0.25, 0.3) is 0 Å². The lowest BCUT2D eigenvalue weighted by atomic mass is 10.2. The molecule has 9 nitrogen and oxygen atoms in total. The molecular formula is C15H19N3O6S. The second kappa shape index (κ2) is 7.64. The van der Waals surface area contributed by atoms with Crippen LogP contribution in [-0.2, 0) is 19.6 Å². The first kappa shape index (κ1) is 18.9. The summed E-state index contributed by atoms with van der Waals surface area (Å²) in [6.45, 7) is 2.99. The van der Waals surface area contributed by atoms with Gasteiger partial charge in [0, 0.05) is 13.1 Å². The summed E-state index contributed by atoms with van der Waals surface area (Å²) in [4.78, 5) is 25.4. The van der Waals surface area contributed by atoms with E-state index in [2.05, 4.69) is 6.58 Å². The molecule has 1 aromatic carbocycles. The van der Waals surface area contributed by atoms with E-state index in [-0.39, 0.29) is 18.0 Å². The van der Waals surface area contributed by atoms with Crippen molar-refractivity contribution in [3.63, 3.8) is 0 Å². The minimum absolute atomic E-state index is 0.0889. The van der Waals surface area contributed by atoms with Crippen LogP contribution in [0.3, 0.4) is 0 Å². The third-order valence-corrected chi connectivity index (χ3v) is 5.68. The van der Waals surface area contributed by atoms with Crippen molar-refractivity contribution in [1.82, 2.24) is 14.7 Å². The Bertz CT molecular complexity index is 762. The van der Waals surface area contributed by atoms with Crippen molar-refractivity contribution in [3.05, 3.63) is 36.9 Å². The number of hydrogen-bond donors (Lipinski definition) is 2. The number of carbonyl (C=O) groups excluding carboxylic acids is 2. The molecule has 1 aliphatic rings. The smallest absolute Gasteiger partial charge is 0.263 e. The lowest BCUT2D eigenvalue weighted by Gasteiger charge is -2.38. The van der Waals surface area contributed by atoms with Crippen molar-refractivity contribution >= 4 is 21.8 Å². The van der Waals surface area contributed by atoms with Crippen molar-refractivity contribution < 1.29 is 28.0 Å². The van der Waals surface area contributed by atoms with E-state index in [0.29, 0.717) is 5.75 Å². The minimum Gasteiger partial charge on any atom is -0.497 e. The van der Waals surface area contributed by atoms with Crippen molar-refractivity contribution in [1.29, 1.82) is 0 Å². The number of ether oxygens (including phenoxy) is 1. The Kier molecular flexibility index (Phi) is 5.77. The van der Waals surface area contributed by atoms with Crippen LogP contribution in [0, 0.1) is 0 Å². The molecule has 25 heavy (non-hydrogen) atoms. The van der Waals surface area contributed by atoms with Gasteiger partial charge in [0.1, 0.15) is 11.8 Å². The van der Waals surface area contributed by atoms with E-state index in [0.717, 1.165) is 4.31 Å². The van der Waals surface area contributed by atoms with Crippen LogP contribution in [0.1, 0.15) is 0 Å². The lowest BCUT2D eigenvalue weighted by molar-refractivity contribution is -0.142. The van der Waals surface area contributed by atoms with E-state index in [4.69, 9.17) is 9.94 Å². The molecule has 0 aliphatic carbocycles. The van der Waals surface area contributed by atoms with Gasteiger partial charge in [-0.25, -0.2) is 13.9 Å². The molecule has 0 radical (unpaired) electrons. The maximum Gasteiger partial charge on any atom is 0.263 e. The van der Waals surface area contributed by atoms with Gasteiger partial charge in [0.25, 0.3) is 5.91 Å². The third-order valence-electron chi connectivity index (χ3n) is 3.81. The van der Waals surface area contributed by atoms with Gasteiger partial charge in [0.05, 0.1) is 18.6 Å². The van der Waals surface area contributed by atoms with E-state index in [1.165, 1.54) is 47.8 Å². The van der Waals surface area contributed by atoms with E-state index in [1.807, 2.05) is 0 Å². The van der Waals surface area contributed by atoms with E-state index < -0.39 is 34.4 Å². The highest BCUT2D eigenvalue weighted by atomic mass is 32.2. The Morgan fingerprint density at radius 2 is 2.08 bits per heavy atom. The second-order valence-corrected chi connectivity index (χ2v) is 7.20. The number of carbonyl (C=O) groups is 2. The standard InChI is InChI=1S/C15H19N3O6S/c1-3-8-17-9-13(15(20)16-21)18(10-14(17)19)25(22,23)12-6-4-11(24-2)5-7-12/h3-7,13,21H,1,8-10H2,2H3,(H,16,20). The summed E-state index contributed by atoms with van der Waals surface area (Å²) in [6, 6.07) is 4.31. The maximum atomic E-state index is 12.9. The van der Waals surface area contributed by atoms with Gasteiger partial charge in [-0.1, -0.05) is 6.08 Å². The summed E-state index contributed by atoms with van der Waals surface area (Å²) >= 11 is 0. The Hall–Kier alpha value is -2.43. The van der Waals surface area contributed by atoms with Gasteiger partial charge in [-0.3, -0.25) is 14.8 Å². The van der Waals surface area contributed by atoms with E-state index in [1.54, 1.807) is 0 Å². The SMILES string of the molecule is C=CCN1CC(C(=O)NO)N(S(=O)(=O)c2ccc(OC)cc2)CC1=O. The fourth-order valence-corrected chi connectivity index (χ4v) is 4.03. The molecular weight excluding hydrogens is 350 g/mol. The summed E-state index contributed by atoms with van der Waals surface area (Å²) in [5.41, 5.74) is 1.46. The Labute approximate surface area is 145 Å². The molecule has 1 aliphatic heterocycles. The van der Waals surface area contributed by atoms with Crippen molar-refractivity contribution in [2.45, 2.75) is 10.9 Å². The molecule has 1 saturated heterocycles. The van der Waals surface area contributed by atoms with Crippen LogP contribution >= 0.6 is 0 Å². The van der Waals surface area contributed by atoms with E-state index >= 15 is 0 Å². The molecule has 136 valence electrons. The zero-order valence-electron chi connectivity index (χ0n) is 13.6. The topological polar surface area (TPSA) is 116 Å². The Morgan fingerprint density at radius 1 is 1.44 bits per heavy atom. The number of hydroxylamine groups is 1. The van der Waals surface area contributed by atoms with Gasteiger partial charge < -0.3 is 9.64 Å². The maximum absolute atomic E-state index is 12.9. The Morgan fingerprint density at radius 3 is 2.60 bits per heavy atom. The van der Waals surface area contributed by atoms with Gasteiger partial charge in [0.2, 0.25) is 15.9 Å². The molecule has 1 unspecified atom stereocenters. The highest BCUT2D eigenvalue weighted by molar-refractivity contribution is 7.89. The molecule has 0 aromatic heterocycles. The monoisotopic (exact) mass is 369 g/mol. The molecule has 2 rings (SSSR count). The van der Waals surface area contributed by atoms with Gasteiger partial charge in [-0.05, 0) is 24.3 Å². The van der Waals surface area contributed by atoms with Gasteiger partial charge >= 0.3 is 0 Å². The predicted octanol–water partition coefficient (Wildman–Crippen LogP) is -0.412. The Balaban J connectivity index is 2.39. The van der Waals surface area contributed by atoms with Gasteiger partial charge in [0.15, 0.2) is 0 Å².